The molecular formula is C22H28N2O6S. The average molecular weight is 449 g/mol. The van der Waals surface area contributed by atoms with Gasteiger partial charge in [0.1, 0.15) is 5.75 Å². The highest BCUT2D eigenvalue weighted by atomic mass is 32.2. The van der Waals surface area contributed by atoms with Gasteiger partial charge in [-0.3, -0.25) is 4.79 Å². The molecule has 0 aliphatic carbocycles. The smallest absolute Gasteiger partial charge is 0.338 e. The quantitative estimate of drug-likeness (QED) is 0.403. The molecule has 9 heteroatoms. The molecule has 0 saturated heterocycles. The van der Waals surface area contributed by atoms with Crippen LogP contribution in [-0.4, -0.2) is 40.3 Å². The van der Waals surface area contributed by atoms with E-state index < -0.39 is 22.0 Å². The number of benzene rings is 2. The van der Waals surface area contributed by atoms with E-state index in [4.69, 9.17) is 9.47 Å². The second-order valence-electron chi connectivity index (χ2n) is 7.03. The highest BCUT2D eigenvalue weighted by molar-refractivity contribution is 7.88. The van der Waals surface area contributed by atoms with Crippen LogP contribution in [-0.2, 0) is 19.6 Å². The molecular weight excluding hydrogens is 420 g/mol. The summed E-state index contributed by atoms with van der Waals surface area (Å²) in [5.41, 5.74) is 1.51. The molecule has 1 amide bonds. The molecule has 0 saturated carbocycles. The number of nitrogens with one attached hydrogen (secondary N) is 2. The molecule has 8 nitrogen and oxygen atoms in total. The van der Waals surface area contributed by atoms with Crippen LogP contribution in [0.2, 0.25) is 0 Å². The minimum absolute atomic E-state index is 0.111. The van der Waals surface area contributed by atoms with Crippen molar-refractivity contribution in [3.05, 3.63) is 59.7 Å². The third-order valence-corrected chi connectivity index (χ3v) is 5.11. The highest BCUT2D eigenvalue weighted by Gasteiger charge is 2.20. The van der Waals surface area contributed by atoms with Crippen LogP contribution >= 0.6 is 0 Å². The van der Waals surface area contributed by atoms with Gasteiger partial charge in [0.25, 0.3) is 0 Å². The Morgan fingerprint density at radius 1 is 1.03 bits per heavy atom. The van der Waals surface area contributed by atoms with E-state index in [1.54, 1.807) is 48.5 Å². The van der Waals surface area contributed by atoms with Gasteiger partial charge in [-0.25, -0.2) is 17.9 Å². The highest BCUT2D eigenvalue weighted by Crippen LogP contribution is 2.22. The maximum atomic E-state index is 12.5. The van der Waals surface area contributed by atoms with E-state index in [-0.39, 0.29) is 12.3 Å². The van der Waals surface area contributed by atoms with Crippen LogP contribution in [0.1, 0.15) is 48.1 Å². The summed E-state index contributed by atoms with van der Waals surface area (Å²) < 4.78 is 36.3. The van der Waals surface area contributed by atoms with Gasteiger partial charge in [0.2, 0.25) is 15.9 Å². The van der Waals surface area contributed by atoms with Crippen LogP contribution < -0.4 is 14.8 Å². The number of unbranched alkanes of at least 4 members (excludes halogenated alkanes) is 1. The fourth-order valence-electron chi connectivity index (χ4n) is 2.80. The summed E-state index contributed by atoms with van der Waals surface area (Å²) >= 11 is 0. The first-order chi connectivity index (χ1) is 14.7. The zero-order valence-electron chi connectivity index (χ0n) is 17.9. The standard InChI is InChI=1S/C22H28N2O6S/c1-4-5-14-30-22(26)17-6-10-18(11-7-17)23-21(25)15-20(24-31(3,27)28)16-8-12-19(29-2)13-9-16/h6-13,20,24H,4-5,14-15H2,1-3H3,(H,23,25)/t20-/m1/s1. The Labute approximate surface area is 183 Å². The number of methoxy groups -OCH3 is 1. The van der Waals surface area contributed by atoms with Crippen LogP contribution in [0.4, 0.5) is 5.69 Å². The molecule has 1 atom stereocenters. The number of amides is 1. The number of rotatable bonds is 11. The lowest BCUT2D eigenvalue weighted by atomic mass is 10.0. The van der Waals surface area contributed by atoms with Gasteiger partial charge in [-0.05, 0) is 48.4 Å². The predicted octanol–water partition coefficient (Wildman–Crippen LogP) is 3.27. The minimum atomic E-state index is -3.54. The van der Waals surface area contributed by atoms with Crippen molar-refractivity contribution < 1.29 is 27.5 Å². The van der Waals surface area contributed by atoms with Crippen molar-refractivity contribution in [3.8, 4) is 5.75 Å². The number of esters is 1. The number of hydrogen-bond donors (Lipinski definition) is 2. The Morgan fingerprint density at radius 2 is 1.68 bits per heavy atom. The Kier molecular flexibility index (Phi) is 9.02. The molecule has 2 aromatic carbocycles. The van der Waals surface area contributed by atoms with Crippen LogP contribution in [0.3, 0.4) is 0 Å². The summed E-state index contributed by atoms with van der Waals surface area (Å²) in [4.78, 5) is 24.5. The van der Waals surface area contributed by atoms with Gasteiger partial charge in [0.05, 0.1) is 31.6 Å². The Hall–Kier alpha value is -2.91. The summed E-state index contributed by atoms with van der Waals surface area (Å²) in [7, 11) is -2.01. The molecule has 0 aromatic heterocycles. The lowest BCUT2D eigenvalue weighted by Crippen LogP contribution is -2.30. The molecule has 0 heterocycles. The molecule has 0 fully saturated rings. The van der Waals surface area contributed by atoms with Crippen molar-refractivity contribution in [1.82, 2.24) is 4.72 Å². The van der Waals surface area contributed by atoms with Gasteiger partial charge in [-0.1, -0.05) is 25.5 Å². The summed E-state index contributed by atoms with van der Waals surface area (Å²) in [6.07, 6.45) is 2.67. The molecule has 0 bridgehead atoms. The zero-order valence-corrected chi connectivity index (χ0v) is 18.7. The van der Waals surface area contributed by atoms with Crippen LogP contribution in [0, 0.1) is 0 Å². The number of carbonyl (C=O) groups is 2. The monoisotopic (exact) mass is 448 g/mol. The first-order valence-corrected chi connectivity index (χ1v) is 11.8. The third kappa shape index (κ3) is 8.39. The summed E-state index contributed by atoms with van der Waals surface area (Å²) in [5, 5.41) is 2.72. The molecule has 2 aromatic rings. The van der Waals surface area contributed by atoms with E-state index in [9.17, 15) is 18.0 Å². The fraction of sp³-hybridized carbons (Fsp3) is 0.364. The van der Waals surface area contributed by atoms with E-state index in [1.807, 2.05) is 6.92 Å². The second-order valence-corrected chi connectivity index (χ2v) is 8.81. The average Bonchev–Trinajstić information content (AvgIpc) is 2.73. The largest absolute Gasteiger partial charge is 0.497 e. The fourth-order valence-corrected chi connectivity index (χ4v) is 3.54. The van der Waals surface area contributed by atoms with Crippen LogP contribution in [0.5, 0.6) is 5.75 Å². The predicted molar refractivity (Wildman–Crippen MR) is 119 cm³/mol. The van der Waals surface area contributed by atoms with Gasteiger partial charge >= 0.3 is 5.97 Å². The van der Waals surface area contributed by atoms with Crippen LogP contribution in [0.25, 0.3) is 0 Å². The first-order valence-electron chi connectivity index (χ1n) is 9.90. The molecule has 2 N–H and O–H groups in total. The van der Waals surface area contributed by atoms with Crippen molar-refractivity contribution in [2.24, 2.45) is 0 Å². The second kappa shape index (κ2) is 11.5. The molecule has 168 valence electrons. The van der Waals surface area contributed by atoms with Crippen molar-refractivity contribution >= 4 is 27.6 Å². The molecule has 2 rings (SSSR count). The Balaban J connectivity index is 2.03. The minimum Gasteiger partial charge on any atom is -0.497 e. The first kappa shape index (κ1) is 24.4. The molecule has 31 heavy (non-hydrogen) atoms. The lowest BCUT2D eigenvalue weighted by molar-refractivity contribution is -0.116. The van der Waals surface area contributed by atoms with E-state index in [0.29, 0.717) is 29.2 Å². The molecule has 0 unspecified atom stereocenters. The van der Waals surface area contributed by atoms with Crippen molar-refractivity contribution in [2.45, 2.75) is 32.2 Å². The topological polar surface area (TPSA) is 111 Å². The molecule has 0 aliphatic rings. The Bertz CT molecular complexity index is 972. The molecule has 0 spiro atoms. The maximum absolute atomic E-state index is 12.5. The van der Waals surface area contributed by atoms with E-state index in [0.717, 1.165) is 19.1 Å². The van der Waals surface area contributed by atoms with Gasteiger partial charge in [-0.15, -0.1) is 0 Å². The number of carbonyl (C=O) groups excluding carboxylic acids is 2. The van der Waals surface area contributed by atoms with Gasteiger partial charge in [-0.2, -0.15) is 0 Å². The summed E-state index contributed by atoms with van der Waals surface area (Å²) in [6.45, 7) is 2.38. The van der Waals surface area contributed by atoms with Crippen LogP contribution in [0.15, 0.2) is 48.5 Å². The van der Waals surface area contributed by atoms with E-state index >= 15 is 0 Å². The van der Waals surface area contributed by atoms with Gasteiger partial charge < -0.3 is 14.8 Å². The normalized spacial score (nSPS) is 12.1. The summed E-state index contributed by atoms with van der Waals surface area (Å²) in [5.74, 6) is -0.168. The maximum Gasteiger partial charge on any atom is 0.338 e. The number of hydrogen-bond acceptors (Lipinski definition) is 6. The van der Waals surface area contributed by atoms with E-state index in [2.05, 4.69) is 10.0 Å². The number of sulfonamides is 1. The molecule has 0 radical (unpaired) electrons. The van der Waals surface area contributed by atoms with Crippen molar-refractivity contribution in [1.29, 1.82) is 0 Å². The molecule has 0 aliphatic heterocycles. The number of anilines is 1. The number of ether oxygens (including phenoxy) is 2. The summed E-state index contributed by atoms with van der Waals surface area (Å²) in [6, 6.07) is 12.4. The van der Waals surface area contributed by atoms with Gasteiger partial charge in [0.15, 0.2) is 0 Å². The Morgan fingerprint density at radius 3 is 2.23 bits per heavy atom. The van der Waals surface area contributed by atoms with Gasteiger partial charge in [0, 0.05) is 12.1 Å². The third-order valence-electron chi connectivity index (χ3n) is 4.40. The zero-order chi connectivity index (χ0) is 22.9. The van der Waals surface area contributed by atoms with E-state index in [1.165, 1.54) is 7.11 Å². The van der Waals surface area contributed by atoms with Crippen molar-refractivity contribution in [3.63, 3.8) is 0 Å². The SMILES string of the molecule is CCCCOC(=O)c1ccc(NC(=O)C[C@@H](NS(C)(=O)=O)c2ccc(OC)cc2)cc1. The van der Waals surface area contributed by atoms with Crippen molar-refractivity contribution in [2.75, 3.05) is 25.3 Å². The lowest BCUT2D eigenvalue weighted by Gasteiger charge is -2.18.